The Bertz CT molecular complexity index is 1300. The van der Waals surface area contributed by atoms with Crippen molar-refractivity contribution in [3.05, 3.63) is 41.6 Å². The minimum atomic E-state index is -2.71. The zero-order chi connectivity index (χ0) is 25.7. The van der Waals surface area contributed by atoms with Gasteiger partial charge in [0.2, 0.25) is 5.91 Å². The molecule has 10 nitrogen and oxygen atoms in total. The summed E-state index contributed by atoms with van der Waals surface area (Å²) in [4.78, 5) is 46.0. The summed E-state index contributed by atoms with van der Waals surface area (Å²) in [6, 6.07) is 6.63. The van der Waals surface area contributed by atoms with E-state index in [1.165, 1.54) is 19.4 Å². The minimum Gasteiger partial charge on any atom is -0.494 e. The fourth-order valence-corrected chi connectivity index (χ4v) is 3.74. The molecule has 5 rings (SSSR count). The number of amidine groups is 1. The molecule has 3 aliphatic rings. The van der Waals surface area contributed by atoms with E-state index in [2.05, 4.69) is 25.9 Å². The topological polar surface area (TPSA) is 134 Å². The Morgan fingerprint density at radius 2 is 2.09 bits per heavy atom. The van der Waals surface area contributed by atoms with Crippen molar-refractivity contribution in [1.29, 1.82) is 0 Å². The first-order chi connectivity index (χ1) is 17.1. The SMILES string of the molecule is [2H]C([2H])([2H])NC(=O)c1cnc(NC(=O)C2CC2)cc1Nc1cccc(C2=NC3(CC3)C(=O)N2)c1OC. The predicted octanol–water partition coefficient (Wildman–Crippen LogP) is 1.95. The van der Waals surface area contributed by atoms with Crippen LogP contribution in [-0.2, 0) is 9.59 Å². The number of rotatable bonds is 7. The van der Waals surface area contributed by atoms with Crippen molar-refractivity contribution in [3.63, 3.8) is 0 Å². The number of amides is 3. The molecule has 1 aliphatic heterocycles. The summed E-state index contributed by atoms with van der Waals surface area (Å²) in [5.41, 5.74) is 0.432. The average Bonchev–Trinajstić information content (AvgIpc) is 3.72. The van der Waals surface area contributed by atoms with Gasteiger partial charge < -0.3 is 26.0 Å². The summed E-state index contributed by atoms with van der Waals surface area (Å²) in [6.45, 7) is -2.71. The number of anilines is 3. The lowest BCUT2D eigenvalue weighted by Crippen LogP contribution is -2.30. The molecule has 2 aromatic rings. The summed E-state index contributed by atoms with van der Waals surface area (Å²) < 4.78 is 27.7. The van der Waals surface area contributed by atoms with E-state index >= 15 is 0 Å². The Kier molecular flexibility index (Phi) is 4.20. The maximum Gasteiger partial charge on any atom is 0.254 e. The summed E-state index contributed by atoms with van der Waals surface area (Å²) in [5, 5.41) is 10.6. The van der Waals surface area contributed by atoms with Crippen LogP contribution >= 0.6 is 0 Å². The van der Waals surface area contributed by atoms with Crippen LogP contribution < -0.4 is 26.0 Å². The second-order valence-electron chi connectivity index (χ2n) is 8.29. The van der Waals surface area contributed by atoms with Crippen LogP contribution in [0.25, 0.3) is 0 Å². The Labute approximate surface area is 194 Å². The second kappa shape index (κ2) is 7.88. The molecule has 33 heavy (non-hydrogen) atoms. The van der Waals surface area contributed by atoms with Gasteiger partial charge in [-0.05, 0) is 37.8 Å². The number of carbonyl (C=O) groups is 3. The first-order valence-corrected chi connectivity index (χ1v) is 10.6. The molecule has 0 unspecified atom stereocenters. The van der Waals surface area contributed by atoms with Crippen LogP contribution in [0.5, 0.6) is 5.75 Å². The van der Waals surface area contributed by atoms with E-state index in [1.54, 1.807) is 18.2 Å². The van der Waals surface area contributed by atoms with E-state index in [0.29, 0.717) is 35.7 Å². The van der Waals surface area contributed by atoms with Gasteiger partial charge in [-0.3, -0.25) is 19.4 Å². The van der Waals surface area contributed by atoms with Crippen molar-refractivity contribution in [2.45, 2.75) is 31.2 Å². The second-order valence-corrected chi connectivity index (χ2v) is 8.29. The van der Waals surface area contributed by atoms with Gasteiger partial charge in [0, 0.05) is 29.3 Å². The van der Waals surface area contributed by atoms with E-state index < -0.39 is 18.4 Å². The maximum absolute atomic E-state index is 12.7. The number of para-hydroxylation sites is 1. The highest BCUT2D eigenvalue weighted by Gasteiger charge is 2.54. The van der Waals surface area contributed by atoms with Gasteiger partial charge in [0.1, 0.15) is 17.2 Å². The number of methoxy groups -OCH3 is 1. The third-order valence-electron chi connectivity index (χ3n) is 5.91. The van der Waals surface area contributed by atoms with Crippen LogP contribution in [0.4, 0.5) is 17.2 Å². The Morgan fingerprint density at radius 1 is 1.27 bits per heavy atom. The van der Waals surface area contributed by atoms with Crippen molar-refractivity contribution >= 4 is 40.7 Å². The molecule has 1 aromatic heterocycles. The van der Waals surface area contributed by atoms with Gasteiger partial charge in [0.15, 0.2) is 5.75 Å². The number of ether oxygens (including phenoxy) is 1. The largest absolute Gasteiger partial charge is 0.494 e. The number of aliphatic imine (C=N–C) groups is 1. The van der Waals surface area contributed by atoms with Crippen molar-refractivity contribution in [3.8, 4) is 5.75 Å². The molecule has 0 saturated heterocycles. The van der Waals surface area contributed by atoms with Crippen molar-refractivity contribution in [2.24, 2.45) is 10.9 Å². The van der Waals surface area contributed by atoms with Gasteiger partial charge in [0.25, 0.3) is 11.8 Å². The highest BCUT2D eigenvalue weighted by atomic mass is 16.5. The third-order valence-corrected chi connectivity index (χ3v) is 5.91. The molecule has 3 amide bonds. The van der Waals surface area contributed by atoms with Crippen LogP contribution in [0.3, 0.4) is 0 Å². The van der Waals surface area contributed by atoms with Crippen LogP contribution in [0.15, 0.2) is 35.5 Å². The van der Waals surface area contributed by atoms with Gasteiger partial charge in [-0.25, -0.2) is 4.98 Å². The molecule has 1 spiro atoms. The molecule has 0 bridgehead atoms. The van der Waals surface area contributed by atoms with E-state index in [4.69, 9.17) is 8.85 Å². The Morgan fingerprint density at radius 3 is 2.76 bits per heavy atom. The summed E-state index contributed by atoms with van der Waals surface area (Å²) in [7, 11) is 1.46. The molecular formula is C23H24N6O4. The highest BCUT2D eigenvalue weighted by molar-refractivity contribution is 6.18. The molecule has 2 fully saturated rings. The summed E-state index contributed by atoms with van der Waals surface area (Å²) in [5.74, 6) is -0.289. The molecular weight excluding hydrogens is 424 g/mol. The molecule has 10 heteroatoms. The standard InChI is InChI=1S/C23H24N6O4/c1-24-21(31)14-11-25-17(27-20(30)12-6-7-12)10-16(14)26-15-5-3-4-13(18(15)33-2)19-28-22(32)23(29-19)8-9-23/h3-5,10-12H,6-9H2,1-2H3,(H,24,31)(H,28,29,32)(H2,25,26,27,30)/i1D3. The van der Waals surface area contributed by atoms with Crippen LogP contribution in [0.2, 0.25) is 0 Å². The number of hydrogen-bond acceptors (Lipinski definition) is 7. The number of hydrogen-bond donors (Lipinski definition) is 4. The van der Waals surface area contributed by atoms with Crippen molar-refractivity contribution in [1.82, 2.24) is 15.6 Å². The number of aromatic nitrogens is 1. The number of benzene rings is 1. The molecule has 4 N–H and O–H groups in total. The van der Waals surface area contributed by atoms with Crippen molar-refractivity contribution < 1.29 is 23.2 Å². The average molecular weight is 452 g/mol. The molecule has 1 aromatic carbocycles. The minimum absolute atomic E-state index is 0.0496. The lowest BCUT2D eigenvalue weighted by atomic mass is 10.1. The quantitative estimate of drug-likeness (QED) is 0.508. The van der Waals surface area contributed by atoms with Gasteiger partial charge in [0.05, 0.1) is 29.6 Å². The van der Waals surface area contributed by atoms with Crippen LogP contribution in [-0.4, -0.2) is 48.2 Å². The molecule has 2 saturated carbocycles. The van der Waals surface area contributed by atoms with Crippen LogP contribution in [0.1, 0.15) is 45.7 Å². The zero-order valence-electron chi connectivity index (χ0n) is 20.8. The van der Waals surface area contributed by atoms with Gasteiger partial charge in [-0.15, -0.1) is 0 Å². The van der Waals surface area contributed by atoms with Crippen molar-refractivity contribution in [2.75, 3.05) is 24.7 Å². The first-order valence-electron chi connectivity index (χ1n) is 12.1. The van der Waals surface area contributed by atoms with Crippen LogP contribution in [0, 0.1) is 5.92 Å². The lowest BCUT2D eigenvalue weighted by Gasteiger charge is -2.17. The fraction of sp³-hybridized carbons (Fsp3) is 0.348. The molecule has 0 radical (unpaired) electrons. The smallest absolute Gasteiger partial charge is 0.254 e. The Balaban J connectivity index is 1.50. The first kappa shape index (κ1) is 17.6. The van der Waals surface area contributed by atoms with Gasteiger partial charge in [-0.1, -0.05) is 6.07 Å². The lowest BCUT2D eigenvalue weighted by molar-refractivity contribution is -0.121. The van der Waals surface area contributed by atoms with Gasteiger partial charge in [-0.2, -0.15) is 0 Å². The zero-order valence-corrected chi connectivity index (χ0v) is 17.8. The van der Waals surface area contributed by atoms with Gasteiger partial charge >= 0.3 is 0 Å². The highest BCUT2D eigenvalue weighted by Crippen LogP contribution is 2.44. The van der Waals surface area contributed by atoms with E-state index in [0.717, 1.165) is 12.8 Å². The molecule has 2 aliphatic carbocycles. The summed E-state index contributed by atoms with van der Waals surface area (Å²) >= 11 is 0. The van der Waals surface area contributed by atoms with E-state index in [9.17, 15) is 14.4 Å². The van der Waals surface area contributed by atoms with E-state index in [-0.39, 0.29) is 34.8 Å². The number of nitrogens with one attached hydrogen (secondary N) is 4. The normalized spacial score (nSPS) is 19.5. The summed E-state index contributed by atoms with van der Waals surface area (Å²) in [6.07, 6.45) is 4.19. The number of pyridine rings is 1. The number of nitrogens with zero attached hydrogens (tertiary/aromatic N) is 2. The molecule has 0 atom stereocenters. The monoisotopic (exact) mass is 451 g/mol. The fourth-order valence-electron chi connectivity index (χ4n) is 3.74. The predicted molar refractivity (Wildman–Crippen MR) is 122 cm³/mol. The molecule has 2 heterocycles. The van der Waals surface area contributed by atoms with E-state index in [1.807, 2.05) is 5.32 Å². The Hall–Kier alpha value is -3.95. The number of carbonyl (C=O) groups excluding carboxylic acids is 3. The third kappa shape index (κ3) is 3.88. The molecule has 170 valence electrons. The maximum atomic E-state index is 12.7.